The summed E-state index contributed by atoms with van der Waals surface area (Å²) < 4.78 is 27.2. The van der Waals surface area contributed by atoms with Crippen LogP contribution in [-0.4, -0.2) is 39.4 Å². The van der Waals surface area contributed by atoms with Crippen molar-refractivity contribution in [1.29, 1.82) is 0 Å². The zero-order valence-electron chi connectivity index (χ0n) is 14.1. The molecule has 0 spiro atoms. The highest BCUT2D eigenvalue weighted by molar-refractivity contribution is 7.92. The van der Waals surface area contributed by atoms with Gasteiger partial charge in [0.2, 0.25) is 0 Å². The maximum absolute atomic E-state index is 13.0. The first-order valence-electron chi connectivity index (χ1n) is 7.85. The standard InChI is InChI=1S/C18H22N2O3S/c1-4-20(5-2)18(21)16-13-9-10-14-17(16)24(22,23)19(3)15-11-7-6-8-12-15/h6-14H,4-5H2,1-3H3. The molecule has 0 heterocycles. The summed E-state index contributed by atoms with van der Waals surface area (Å²) in [6, 6.07) is 15.1. The fourth-order valence-corrected chi connectivity index (χ4v) is 3.85. The number of para-hydroxylation sites is 1. The maximum Gasteiger partial charge on any atom is 0.264 e. The first-order chi connectivity index (χ1) is 11.4. The molecule has 0 saturated carbocycles. The normalized spacial score (nSPS) is 11.1. The summed E-state index contributed by atoms with van der Waals surface area (Å²) in [6.45, 7) is 4.79. The van der Waals surface area contributed by atoms with Crippen LogP contribution in [-0.2, 0) is 10.0 Å². The second-order valence-electron chi connectivity index (χ2n) is 5.28. The van der Waals surface area contributed by atoms with E-state index >= 15 is 0 Å². The number of nitrogens with zero attached hydrogens (tertiary/aromatic N) is 2. The van der Waals surface area contributed by atoms with E-state index in [9.17, 15) is 13.2 Å². The van der Waals surface area contributed by atoms with Gasteiger partial charge < -0.3 is 4.90 Å². The molecule has 1 amide bonds. The highest BCUT2D eigenvalue weighted by Crippen LogP contribution is 2.25. The van der Waals surface area contributed by atoms with E-state index in [2.05, 4.69) is 0 Å². The fourth-order valence-electron chi connectivity index (χ4n) is 2.47. The maximum atomic E-state index is 13.0. The van der Waals surface area contributed by atoms with Crippen LogP contribution >= 0.6 is 0 Å². The fraction of sp³-hybridized carbons (Fsp3) is 0.278. The monoisotopic (exact) mass is 346 g/mol. The zero-order chi connectivity index (χ0) is 17.7. The quantitative estimate of drug-likeness (QED) is 0.808. The summed E-state index contributed by atoms with van der Waals surface area (Å²) in [4.78, 5) is 14.3. The molecule has 2 aromatic rings. The average molecular weight is 346 g/mol. The summed E-state index contributed by atoms with van der Waals surface area (Å²) in [7, 11) is -2.34. The van der Waals surface area contributed by atoms with Gasteiger partial charge in [-0.2, -0.15) is 0 Å². The molecule has 2 rings (SSSR count). The lowest BCUT2D eigenvalue weighted by Crippen LogP contribution is -2.33. The number of benzene rings is 2. The summed E-state index contributed by atoms with van der Waals surface area (Å²) in [6.07, 6.45) is 0. The Morgan fingerprint density at radius 1 is 0.917 bits per heavy atom. The number of amides is 1. The molecule has 24 heavy (non-hydrogen) atoms. The Hall–Kier alpha value is -2.34. The third-order valence-corrected chi connectivity index (χ3v) is 5.77. The van der Waals surface area contributed by atoms with Crippen molar-refractivity contribution in [3.8, 4) is 0 Å². The van der Waals surface area contributed by atoms with Crippen molar-refractivity contribution in [1.82, 2.24) is 4.90 Å². The van der Waals surface area contributed by atoms with Gasteiger partial charge in [-0.1, -0.05) is 30.3 Å². The molecule has 0 fully saturated rings. The average Bonchev–Trinajstić information content (AvgIpc) is 2.62. The highest BCUT2D eigenvalue weighted by Gasteiger charge is 2.28. The van der Waals surface area contributed by atoms with Crippen LogP contribution in [0.2, 0.25) is 0 Å². The van der Waals surface area contributed by atoms with Crippen molar-refractivity contribution in [2.75, 3.05) is 24.4 Å². The number of sulfonamides is 1. The van der Waals surface area contributed by atoms with Gasteiger partial charge in [0.25, 0.3) is 15.9 Å². The SMILES string of the molecule is CCN(CC)C(=O)c1ccccc1S(=O)(=O)N(C)c1ccccc1. The van der Waals surface area contributed by atoms with Gasteiger partial charge >= 0.3 is 0 Å². The van der Waals surface area contributed by atoms with Crippen molar-refractivity contribution in [2.24, 2.45) is 0 Å². The molecule has 0 saturated heterocycles. The van der Waals surface area contributed by atoms with Crippen LogP contribution in [0.1, 0.15) is 24.2 Å². The number of carbonyl (C=O) groups excluding carboxylic acids is 1. The third-order valence-electron chi connectivity index (χ3n) is 3.93. The Kier molecular flexibility index (Phi) is 5.62. The number of carbonyl (C=O) groups is 1. The lowest BCUT2D eigenvalue weighted by atomic mass is 10.2. The number of hydrogen-bond donors (Lipinski definition) is 0. The van der Waals surface area contributed by atoms with Crippen molar-refractivity contribution in [2.45, 2.75) is 18.7 Å². The van der Waals surface area contributed by atoms with E-state index < -0.39 is 10.0 Å². The molecule has 0 atom stereocenters. The van der Waals surface area contributed by atoms with Crippen LogP contribution in [0, 0.1) is 0 Å². The molecule has 0 aliphatic carbocycles. The molecular weight excluding hydrogens is 324 g/mol. The van der Waals surface area contributed by atoms with Crippen LogP contribution in [0.4, 0.5) is 5.69 Å². The lowest BCUT2D eigenvalue weighted by molar-refractivity contribution is 0.0769. The van der Waals surface area contributed by atoms with Crippen LogP contribution in [0.3, 0.4) is 0 Å². The summed E-state index contributed by atoms with van der Waals surface area (Å²) >= 11 is 0. The minimum Gasteiger partial charge on any atom is -0.339 e. The van der Waals surface area contributed by atoms with Gasteiger partial charge in [-0.25, -0.2) is 8.42 Å². The zero-order valence-corrected chi connectivity index (χ0v) is 15.0. The largest absolute Gasteiger partial charge is 0.339 e. The van der Waals surface area contributed by atoms with Crippen molar-refractivity contribution < 1.29 is 13.2 Å². The molecule has 0 aromatic heterocycles. The number of anilines is 1. The lowest BCUT2D eigenvalue weighted by Gasteiger charge is -2.23. The smallest absolute Gasteiger partial charge is 0.264 e. The van der Waals surface area contributed by atoms with Crippen molar-refractivity contribution in [3.05, 3.63) is 60.2 Å². The highest BCUT2D eigenvalue weighted by atomic mass is 32.2. The molecule has 0 N–H and O–H groups in total. The van der Waals surface area contributed by atoms with Gasteiger partial charge in [-0.15, -0.1) is 0 Å². The number of rotatable bonds is 6. The molecule has 5 nitrogen and oxygen atoms in total. The molecule has 128 valence electrons. The van der Waals surface area contributed by atoms with E-state index in [0.717, 1.165) is 0 Å². The van der Waals surface area contributed by atoms with E-state index in [-0.39, 0.29) is 16.4 Å². The first-order valence-corrected chi connectivity index (χ1v) is 9.29. The van der Waals surface area contributed by atoms with Crippen molar-refractivity contribution >= 4 is 21.6 Å². The van der Waals surface area contributed by atoms with Gasteiger partial charge in [-0.05, 0) is 38.1 Å². The van der Waals surface area contributed by atoms with Gasteiger partial charge in [0, 0.05) is 20.1 Å². The van der Waals surface area contributed by atoms with Gasteiger partial charge in [0.05, 0.1) is 11.3 Å². The topological polar surface area (TPSA) is 57.7 Å². The Balaban J connectivity index is 2.50. The first kappa shape index (κ1) is 18.0. The molecule has 0 bridgehead atoms. The predicted octanol–water partition coefficient (Wildman–Crippen LogP) is 2.99. The minimum absolute atomic E-state index is 0.0215. The number of hydrogen-bond acceptors (Lipinski definition) is 3. The summed E-state index contributed by atoms with van der Waals surface area (Å²) in [5.41, 5.74) is 0.742. The Morgan fingerprint density at radius 3 is 2.04 bits per heavy atom. The minimum atomic E-state index is -3.83. The Morgan fingerprint density at radius 2 is 1.46 bits per heavy atom. The molecule has 0 aliphatic heterocycles. The van der Waals surface area contributed by atoms with E-state index in [0.29, 0.717) is 18.8 Å². The summed E-state index contributed by atoms with van der Waals surface area (Å²) in [5, 5.41) is 0. The molecule has 0 unspecified atom stereocenters. The van der Waals surface area contributed by atoms with Crippen LogP contribution in [0.25, 0.3) is 0 Å². The second-order valence-corrected chi connectivity index (χ2v) is 7.22. The van der Waals surface area contributed by atoms with Gasteiger partial charge in [-0.3, -0.25) is 9.10 Å². The van der Waals surface area contributed by atoms with E-state index in [1.807, 2.05) is 19.9 Å². The van der Waals surface area contributed by atoms with E-state index in [4.69, 9.17) is 0 Å². The van der Waals surface area contributed by atoms with E-state index in [1.165, 1.54) is 17.4 Å². The van der Waals surface area contributed by atoms with Gasteiger partial charge in [0.1, 0.15) is 4.90 Å². The van der Waals surface area contributed by atoms with Crippen LogP contribution in [0.5, 0.6) is 0 Å². The predicted molar refractivity (Wildman–Crippen MR) is 95.7 cm³/mol. The second kappa shape index (κ2) is 7.49. The molecule has 0 aliphatic rings. The molecule has 0 radical (unpaired) electrons. The van der Waals surface area contributed by atoms with Crippen LogP contribution in [0.15, 0.2) is 59.5 Å². The third kappa shape index (κ3) is 3.43. The van der Waals surface area contributed by atoms with Crippen LogP contribution < -0.4 is 4.31 Å². The van der Waals surface area contributed by atoms with E-state index in [1.54, 1.807) is 47.4 Å². The Bertz CT molecular complexity index is 800. The molecule has 6 heteroatoms. The van der Waals surface area contributed by atoms with Gasteiger partial charge in [0.15, 0.2) is 0 Å². The molecule has 2 aromatic carbocycles. The summed E-state index contributed by atoms with van der Waals surface area (Å²) in [5.74, 6) is -0.277. The molecular formula is C18H22N2O3S. The Labute approximate surface area is 143 Å². The van der Waals surface area contributed by atoms with Crippen molar-refractivity contribution in [3.63, 3.8) is 0 Å².